The lowest BCUT2D eigenvalue weighted by molar-refractivity contribution is 0.0933. The minimum Gasteiger partial charge on any atom is -0.496 e. The summed E-state index contributed by atoms with van der Waals surface area (Å²) in [6.45, 7) is 1.95. The zero-order chi connectivity index (χ0) is 12.8. The number of rotatable bonds is 5. The molecule has 1 amide bonds. The molecule has 1 rings (SSSR count). The Labute approximate surface area is 108 Å². The van der Waals surface area contributed by atoms with E-state index in [0.717, 1.165) is 6.42 Å². The molecule has 0 aromatic heterocycles. The summed E-state index contributed by atoms with van der Waals surface area (Å²) >= 11 is 3.29. The summed E-state index contributed by atoms with van der Waals surface area (Å²) in [6, 6.07) is 4.29. The van der Waals surface area contributed by atoms with E-state index in [4.69, 9.17) is 4.74 Å². The van der Waals surface area contributed by atoms with Gasteiger partial charge in [-0.15, -0.1) is 0 Å². The quantitative estimate of drug-likeness (QED) is 0.850. The van der Waals surface area contributed by atoms with E-state index in [9.17, 15) is 9.18 Å². The molecule has 0 heterocycles. The van der Waals surface area contributed by atoms with Crippen LogP contribution in [0.5, 0.6) is 5.75 Å². The van der Waals surface area contributed by atoms with Crippen LogP contribution in [0.15, 0.2) is 18.2 Å². The van der Waals surface area contributed by atoms with Crippen molar-refractivity contribution in [1.29, 1.82) is 0 Å². The molecule has 0 spiro atoms. The maximum Gasteiger partial charge on any atom is 0.258 e. The number of methoxy groups -OCH3 is 1. The first-order valence-electron chi connectivity index (χ1n) is 5.33. The molecule has 17 heavy (non-hydrogen) atoms. The molecule has 0 bridgehead atoms. The molecule has 1 aromatic rings. The van der Waals surface area contributed by atoms with E-state index in [1.807, 2.05) is 6.92 Å². The van der Waals surface area contributed by atoms with Crippen LogP contribution in [0.2, 0.25) is 0 Å². The lowest BCUT2D eigenvalue weighted by Crippen LogP contribution is -2.36. The van der Waals surface area contributed by atoms with Crippen LogP contribution in [-0.4, -0.2) is 24.4 Å². The van der Waals surface area contributed by atoms with Crippen LogP contribution >= 0.6 is 15.9 Å². The predicted octanol–water partition coefficient (Wildman–Crippen LogP) is 2.74. The second-order valence-electron chi connectivity index (χ2n) is 3.55. The van der Waals surface area contributed by atoms with Gasteiger partial charge in [0.05, 0.1) is 7.11 Å². The van der Waals surface area contributed by atoms with Gasteiger partial charge in [0.2, 0.25) is 0 Å². The highest BCUT2D eigenvalue weighted by Crippen LogP contribution is 2.21. The van der Waals surface area contributed by atoms with Crippen LogP contribution in [0.3, 0.4) is 0 Å². The number of ether oxygens (including phenoxy) is 1. The Balaban J connectivity index is 2.95. The fraction of sp³-hybridized carbons (Fsp3) is 0.417. The van der Waals surface area contributed by atoms with Crippen LogP contribution in [0, 0.1) is 5.82 Å². The van der Waals surface area contributed by atoms with Gasteiger partial charge in [-0.2, -0.15) is 0 Å². The monoisotopic (exact) mass is 303 g/mol. The number of halogens is 2. The second-order valence-corrected chi connectivity index (χ2v) is 4.20. The van der Waals surface area contributed by atoms with E-state index in [1.54, 1.807) is 6.07 Å². The van der Waals surface area contributed by atoms with Crippen LogP contribution in [0.4, 0.5) is 4.39 Å². The molecule has 0 saturated heterocycles. The second kappa shape index (κ2) is 6.59. The minimum absolute atomic E-state index is 0.0215. The van der Waals surface area contributed by atoms with Gasteiger partial charge in [0.15, 0.2) is 0 Å². The Morgan fingerprint density at radius 2 is 2.29 bits per heavy atom. The van der Waals surface area contributed by atoms with Crippen molar-refractivity contribution in [3.63, 3.8) is 0 Å². The molecule has 1 N–H and O–H groups in total. The van der Waals surface area contributed by atoms with Gasteiger partial charge >= 0.3 is 0 Å². The van der Waals surface area contributed by atoms with Crippen LogP contribution in [-0.2, 0) is 0 Å². The van der Waals surface area contributed by atoms with Crippen LogP contribution in [0.25, 0.3) is 0 Å². The fourth-order valence-electron chi connectivity index (χ4n) is 1.40. The summed E-state index contributed by atoms with van der Waals surface area (Å²) in [5.41, 5.74) is -0.0469. The minimum atomic E-state index is -0.578. The van der Waals surface area contributed by atoms with Gasteiger partial charge in [0.1, 0.15) is 17.1 Å². The fourth-order valence-corrected chi connectivity index (χ4v) is 2.02. The van der Waals surface area contributed by atoms with Crippen molar-refractivity contribution in [3.05, 3.63) is 29.6 Å². The van der Waals surface area contributed by atoms with Crippen LogP contribution < -0.4 is 10.1 Å². The molecule has 1 unspecified atom stereocenters. The number of carbonyl (C=O) groups is 1. The Morgan fingerprint density at radius 3 is 2.82 bits per heavy atom. The first kappa shape index (κ1) is 14.0. The standard InChI is InChI=1S/C12H15BrFNO2/c1-3-8(7-13)15-12(16)11-9(14)5-4-6-10(11)17-2/h4-6,8H,3,7H2,1-2H3,(H,15,16). The van der Waals surface area contributed by atoms with E-state index in [1.165, 1.54) is 19.2 Å². The van der Waals surface area contributed by atoms with Gasteiger partial charge in [-0.3, -0.25) is 4.79 Å². The Hall–Kier alpha value is -1.10. The third kappa shape index (κ3) is 3.43. The highest BCUT2D eigenvalue weighted by atomic mass is 79.9. The molecular formula is C12H15BrFNO2. The van der Waals surface area contributed by atoms with E-state index in [0.29, 0.717) is 5.33 Å². The first-order chi connectivity index (χ1) is 8.13. The molecule has 0 aliphatic carbocycles. The predicted molar refractivity (Wildman–Crippen MR) is 68.3 cm³/mol. The zero-order valence-corrected chi connectivity index (χ0v) is 11.4. The third-order valence-electron chi connectivity index (χ3n) is 2.44. The summed E-state index contributed by atoms with van der Waals surface area (Å²) in [5, 5.41) is 3.37. The van der Waals surface area contributed by atoms with Crippen LogP contribution in [0.1, 0.15) is 23.7 Å². The van der Waals surface area contributed by atoms with Gasteiger partial charge in [0, 0.05) is 11.4 Å². The summed E-state index contributed by atoms with van der Waals surface area (Å²) in [5.74, 6) is -0.788. The Morgan fingerprint density at radius 1 is 1.59 bits per heavy atom. The average molecular weight is 304 g/mol. The lowest BCUT2D eigenvalue weighted by Gasteiger charge is -2.15. The first-order valence-corrected chi connectivity index (χ1v) is 6.45. The molecule has 94 valence electrons. The number of benzene rings is 1. The number of nitrogens with one attached hydrogen (secondary N) is 1. The summed E-state index contributed by atoms with van der Waals surface area (Å²) in [4.78, 5) is 11.9. The van der Waals surface area contributed by atoms with E-state index < -0.39 is 11.7 Å². The van der Waals surface area contributed by atoms with Gasteiger partial charge in [-0.05, 0) is 18.6 Å². The number of hydrogen-bond donors (Lipinski definition) is 1. The summed E-state index contributed by atoms with van der Waals surface area (Å²) in [6.07, 6.45) is 0.772. The van der Waals surface area contributed by atoms with Crippen molar-refractivity contribution in [2.75, 3.05) is 12.4 Å². The molecule has 1 atom stereocenters. The van der Waals surface area contributed by atoms with Crippen molar-refractivity contribution in [1.82, 2.24) is 5.32 Å². The Kier molecular flexibility index (Phi) is 5.41. The highest BCUT2D eigenvalue weighted by Gasteiger charge is 2.19. The third-order valence-corrected chi connectivity index (χ3v) is 3.22. The SMILES string of the molecule is CCC(CBr)NC(=O)c1c(F)cccc1OC. The molecule has 0 aliphatic rings. The molecule has 0 fully saturated rings. The van der Waals surface area contributed by atoms with E-state index in [-0.39, 0.29) is 17.4 Å². The van der Waals surface area contributed by atoms with Crippen molar-refractivity contribution >= 4 is 21.8 Å². The van der Waals surface area contributed by atoms with Gasteiger partial charge in [0.25, 0.3) is 5.91 Å². The Bertz CT molecular complexity index is 394. The number of hydrogen-bond acceptors (Lipinski definition) is 2. The van der Waals surface area contributed by atoms with Gasteiger partial charge in [-0.1, -0.05) is 28.9 Å². The maximum atomic E-state index is 13.6. The topological polar surface area (TPSA) is 38.3 Å². The summed E-state index contributed by atoms with van der Waals surface area (Å²) in [7, 11) is 1.41. The normalized spacial score (nSPS) is 12.0. The number of carbonyl (C=O) groups excluding carboxylic acids is 1. The molecule has 1 aromatic carbocycles. The van der Waals surface area contributed by atoms with E-state index >= 15 is 0 Å². The molecule has 0 aliphatic heterocycles. The highest BCUT2D eigenvalue weighted by molar-refractivity contribution is 9.09. The zero-order valence-electron chi connectivity index (χ0n) is 9.80. The van der Waals surface area contributed by atoms with E-state index in [2.05, 4.69) is 21.2 Å². The molecule has 0 saturated carbocycles. The average Bonchev–Trinajstić information content (AvgIpc) is 2.35. The summed E-state index contributed by atoms with van der Waals surface area (Å²) < 4.78 is 18.6. The lowest BCUT2D eigenvalue weighted by atomic mass is 10.1. The molecule has 0 radical (unpaired) electrons. The molecule has 3 nitrogen and oxygen atoms in total. The van der Waals surface area contributed by atoms with Crippen molar-refractivity contribution in [3.8, 4) is 5.75 Å². The molecular weight excluding hydrogens is 289 g/mol. The molecule has 5 heteroatoms. The van der Waals surface area contributed by atoms with Crippen molar-refractivity contribution in [2.24, 2.45) is 0 Å². The van der Waals surface area contributed by atoms with Gasteiger partial charge < -0.3 is 10.1 Å². The smallest absolute Gasteiger partial charge is 0.258 e. The van der Waals surface area contributed by atoms with Crippen molar-refractivity contribution < 1.29 is 13.9 Å². The number of amides is 1. The maximum absolute atomic E-state index is 13.6. The number of alkyl halides is 1. The van der Waals surface area contributed by atoms with Crippen molar-refractivity contribution in [2.45, 2.75) is 19.4 Å². The largest absolute Gasteiger partial charge is 0.496 e. The van der Waals surface area contributed by atoms with Gasteiger partial charge in [-0.25, -0.2) is 4.39 Å².